The number of benzene rings is 2. The molecule has 4 nitrogen and oxygen atoms in total. The molecule has 4 rings (SSSR count). The molecule has 2 aromatic rings. The maximum atomic E-state index is 13.5. The Kier molecular flexibility index (Phi) is 7.92. The van der Waals surface area contributed by atoms with Crippen molar-refractivity contribution in [2.24, 2.45) is 5.92 Å². The van der Waals surface area contributed by atoms with E-state index in [0.717, 1.165) is 43.3 Å². The second-order valence-electron chi connectivity index (χ2n) is 9.91. The number of ether oxygens (including phenoxy) is 1. The summed E-state index contributed by atoms with van der Waals surface area (Å²) in [6.45, 7) is 13.3. The minimum Gasteiger partial charge on any atom is -0.493 e. The van der Waals surface area contributed by atoms with Gasteiger partial charge >= 0.3 is 0 Å². The standard InChI is InChI=1S/C28H38FN3O/c1-21(2)20-33-28-12-8-23(9-13-28)18-30-22(3)32(19-24-6-10-25(29)11-7-24)27-14-16-31-15-4-5-26(31)17-27/h6-13,21,26-27,30H,3-5,14-20H2,1-2H3/t26-,27-/m1/s1. The van der Waals surface area contributed by atoms with E-state index in [0.29, 0.717) is 24.5 Å². The number of fused-ring (bicyclic) bond motifs is 1. The van der Waals surface area contributed by atoms with Crippen LogP contribution in [-0.4, -0.2) is 41.6 Å². The SMILES string of the molecule is C=C(NCc1ccc(OCC(C)C)cc1)N(Cc1ccc(F)cc1)[C@@H]1CCN2CCC[C@@H]2C1. The van der Waals surface area contributed by atoms with Crippen LogP contribution in [0.5, 0.6) is 5.75 Å². The van der Waals surface area contributed by atoms with Gasteiger partial charge in [0.15, 0.2) is 0 Å². The van der Waals surface area contributed by atoms with Crippen molar-refractivity contribution in [1.82, 2.24) is 15.1 Å². The zero-order chi connectivity index (χ0) is 23.2. The Balaban J connectivity index is 1.39. The lowest BCUT2D eigenvalue weighted by molar-refractivity contribution is 0.0998. The van der Waals surface area contributed by atoms with Crippen molar-refractivity contribution >= 4 is 0 Å². The van der Waals surface area contributed by atoms with E-state index in [-0.39, 0.29) is 5.82 Å². The molecule has 178 valence electrons. The first kappa shape index (κ1) is 23.6. The Morgan fingerprint density at radius 1 is 1.09 bits per heavy atom. The summed E-state index contributed by atoms with van der Waals surface area (Å²) in [6.07, 6.45) is 4.92. The summed E-state index contributed by atoms with van der Waals surface area (Å²) in [4.78, 5) is 5.05. The molecule has 2 aromatic carbocycles. The molecule has 2 fully saturated rings. The number of hydrogen-bond acceptors (Lipinski definition) is 4. The van der Waals surface area contributed by atoms with Gasteiger partial charge in [-0.1, -0.05) is 44.7 Å². The van der Waals surface area contributed by atoms with Crippen LogP contribution in [0.25, 0.3) is 0 Å². The smallest absolute Gasteiger partial charge is 0.123 e. The predicted octanol–water partition coefficient (Wildman–Crippen LogP) is 5.55. The monoisotopic (exact) mass is 451 g/mol. The van der Waals surface area contributed by atoms with Crippen LogP contribution in [0.3, 0.4) is 0 Å². The minimum absolute atomic E-state index is 0.192. The third kappa shape index (κ3) is 6.50. The van der Waals surface area contributed by atoms with Crippen molar-refractivity contribution < 1.29 is 9.13 Å². The average Bonchev–Trinajstić information content (AvgIpc) is 3.29. The van der Waals surface area contributed by atoms with E-state index in [4.69, 9.17) is 4.74 Å². The van der Waals surface area contributed by atoms with Crippen molar-refractivity contribution in [3.05, 3.63) is 77.9 Å². The fourth-order valence-electron chi connectivity index (χ4n) is 4.99. The molecule has 0 unspecified atom stereocenters. The van der Waals surface area contributed by atoms with Gasteiger partial charge in [0.1, 0.15) is 11.6 Å². The third-order valence-corrected chi connectivity index (χ3v) is 6.85. The maximum absolute atomic E-state index is 13.5. The van der Waals surface area contributed by atoms with E-state index in [1.807, 2.05) is 24.3 Å². The Bertz CT molecular complexity index is 896. The molecule has 0 spiro atoms. The van der Waals surface area contributed by atoms with Gasteiger partial charge in [0.05, 0.1) is 12.4 Å². The predicted molar refractivity (Wildman–Crippen MR) is 132 cm³/mol. The first-order chi connectivity index (χ1) is 16.0. The van der Waals surface area contributed by atoms with E-state index in [2.05, 4.69) is 47.7 Å². The lowest BCUT2D eigenvalue weighted by Crippen LogP contribution is -2.48. The topological polar surface area (TPSA) is 27.7 Å². The molecule has 0 bridgehead atoms. The average molecular weight is 452 g/mol. The molecule has 2 aliphatic heterocycles. The molecule has 33 heavy (non-hydrogen) atoms. The van der Waals surface area contributed by atoms with Gasteiger partial charge in [-0.3, -0.25) is 0 Å². The molecule has 2 atom stereocenters. The van der Waals surface area contributed by atoms with Crippen molar-refractivity contribution in [3.8, 4) is 5.75 Å². The first-order valence-electron chi connectivity index (χ1n) is 12.4. The van der Waals surface area contributed by atoms with E-state index in [1.165, 1.54) is 31.4 Å². The van der Waals surface area contributed by atoms with Crippen LogP contribution < -0.4 is 10.1 Å². The lowest BCUT2D eigenvalue weighted by atomic mass is 9.95. The van der Waals surface area contributed by atoms with Crippen molar-refractivity contribution in [3.63, 3.8) is 0 Å². The summed E-state index contributed by atoms with van der Waals surface area (Å²) in [7, 11) is 0. The Morgan fingerprint density at radius 3 is 2.55 bits per heavy atom. The molecular weight excluding hydrogens is 413 g/mol. The second-order valence-corrected chi connectivity index (χ2v) is 9.91. The van der Waals surface area contributed by atoms with Crippen LogP contribution in [-0.2, 0) is 13.1 Å². The highest BCUT2D eigenvalue weighted by molar-refractivity contribution is 5.27. The Morgan fingerprint density at radius 2 is 1.82 bits per heavy atom. The van der Waals surface area contributed by atoms with Crippen molar-refractivity contribution in [1.29, 1.82) is 0 Å². The van der Waals surface area contributed by atoms with Crippen LogP contribution in [0.15, 0.2) is 60.9 Å². The van der Waals surface area contributed by atoms with Gasteiger partial charge < -0.3 is 19.9 Å². The maximum Gasteiger partial charge on any atom is 0.123 e. The Labute approximate surface area is 198 Å². The summed E-state index contributed by atoms with van der Waals surface area (Å²) < 4.78 is 19.2. The van der Waals surface area contributed by atoms with E-state index in [1.54, 1.807) is 12.1 Å². The highest BCUT2D eigenvalue weighted by Crippen LogP contribution is 2.31. The Hall–Kier alpha value is -2.53. The molecular formula is C28H38FN3O. The summed E-state index contributed by atoms with van der Waals surface area (Å²) in [5.41, 5.74) is 2.31. The molecule has 0 amide bonds. The molecule has 5 heteroatoms. The van der Waals surface area contributed by atoms with Crippen LogP contribution in [0.1, 0.15) is 50.7 Å². The zero-order valence-corrected chi connectivity index (χ0v) is 20.1. The minimum atomic E-state index is -0.192. The van der Waals surface area contributed by atoms with Crippen LogP contribution in [0.4, 0.5) is 4.39 Å². The van der Waals surface area contributed by atoms with Gasteiger partial charge in [0.2, 0.25) is 0 Å². The normalized spacial score (nSPS) is 20.5. The molecule has 2 saturated heterocycles. The van der Waals surface area contributed by atoms with Gasteiger partial charge in [-0.25, -0.2) is 4.39 Å². The number of nitrogens with zero attached hydrogens (tertiary/aromatic N) is 2. The van der Waals surface area contributed by atoms with Gasteiger partial charge in [0.25, 0.3) is 0 Å². The van der Waals surface area contributed by atoms with E-state index in [9.17, 15) is 4.39 Å². The number of rotatable bonds is 10. The van der Waals surface area contributed by atoms with E-state index >= 15 is 0 Å². The molecule has 0 aliphatic carbocycles. The first-order valence-corrected chi connectivity index (χ1v) is 12.4. The van der Waals surface area contributed by atoms with Crippen molar-refractivity contribution in [2.45, 2.75) is 64.7 Å². The summed E-state index contributed by atoms with van der Waals surface area (Å²) in [6, 6.07) is 16.3. The van der Waals surface area contributed by atoms with Crippen molar-refractivity contribution in [2.75, 3.05) is 19.7 Å². The van der Waals surface area contributed by atoms with Gasteiger partial charge in [-0.2, -0.15) is 0 Å². The van der Waals surface area contributed by atoms with Gasteiger partial charge in [0, 0.05) is 31.7 Å². The van der Waals surface area contributed by atoms with Crippen LogP contribution in [0, 0.1) is 11.7 Å². The fourth-order valence-corrected chi connectivity index (χ4v) is 4.99. The molecule has 0 saturated carbocycles. The van der Waals surface area contributed by atoms with Crippen LogP contribution in [0.2, 0.25) is 0 Å². The summed E-state index contributed by atoms with van der Waals surface area (Å²) in [5, 5.41) is 3.56. The molecule has 0 radical (unpaired) electrons. The van der Waals surface area contributed by atoms with E-state index < -0.39 is 0 Å². The second kappa shape index (κ2) is 11.1. The highest BCUT2D eigenvalue weighted by Gasteiger charge is 2.34. The molecule has 0 aromatic heterocycles. The fraction of sp³-hybridized carbons (Fsp3) is 0.500. The summed E-state index contributed by atoms with van der Waals surface area (Å²) >= 11 is 0. The van der Waals surface area contributed by atoms with Gasteiger partial charge in [-0.15, -0.1) is 0 Å². The zero-order valence-electron chi connectivity index (χ0n) is 20.1. The third-order valence-electron chi connectivity index (χ3n) is 6.85. The number of nitrogens with one attached hydrogen (secondary N) is 1. The molecule has 2 aliphatic rings. The molecule has 2 heterocycles. The number of piperidine rings is 1. The highest BCUT2D eigenvalue weighted by atomic mass is 19.1. The van der Waals surface area contributed by atoms with Crippen LogP contribution >= 0.6 is 0 Å². The quantitative estimate of drug-likeness (QED) is 0.513. The number of hydrogen-bond donors (Lipinski definition) is 1. The van der Waals surface area contributed by atoms with Gasteiger partial charge in [-0.05, 0) is 73.5 Å². The largest absolute Gasteiger partial charge is 0.493 e. The summed E-state index contributed by atoms with van der Waals surface area (Å²) in [5.74, 6) is 2.17. The lowest BCUT2D eigenvalue weighted by Gasteiger charge is -2.42. The number of halogens is 1. The molecule has 1 N–H and O–H groups in total.